The van der Waals surface area contributed by atoms with Crippen molar-refractivity contribution in [2.45, 2.75) is 44.9 Å². The molecule has 0 unspecified atom stereocenters. The number of rotatable bonds is 14. The van der Waals surface area contributed by atoms with Crippen molar-refractivity contribution in [3.8, 4) is 11.5 Å². The second kappa shape index (κ2) is 14.6. The number of ether oxygens (including phenoxy) is 2. The molecule has 0 N–H and O–H groups in total. The first-order chi connectivity index (χ1) is 15.0. The van der Waals surface area contributed by atoms with Gasteiger partial charge in [-0.3, -0.25) is 0 Å². The second-order valence-electron chi connectivity index (χ2n) is 7.19. The molecule has 0 spiro atoms. The monoisotopic (exact) mass is 676 g/mol. The number of halogens is 4. The van der Waals surface area contributed by atoms with Crippen molar-refractivity contribution in [3.63, 3.8) is 0 Å². The van der Waals surface area contributed by atoms with Crippen LogP contribution in [0.5, 0.6) is 11.5 Å². The first-order valence-corrected chi connectivity index (χ1v) is 13.6. The van der Waals surface area contributed by atoms with Gasteiger partial charge in [0, 0.05) is 0 Å². The van der Waals surface area contributed by atoms with Gasteiger partial charge in [-0.15, -0.1) is 13.2 Å². The van der Waals surface area contributed by atoms with E-state index in [1.54, 1.807) is 0 Å². The lowest BCUT2D eigenvalue weighted by molar-refractivity contribution is 0.308. The summed E-state index contributed by atoms with van der Waals surface area (Å²) in [6, 6.07) is 8.61. The van der Waals surface area contributed by atoms with Crippen molar-refractivity contribution in [2.24, 2.45) is 0 Å². The highest BCUT2D eigenvalue weighted by molar-refractivity contribution is 9.11. The predicted octanol–water partition coefficient (Wildman–Crippen LogP) is 9.60. The molecule has 0 aliphatic rings. The first-order valence-electron chi connectivity index (χ1n) is 10.4. The minimum absolute atomic E-state index is 0.681. The molecule has 2 aromatic rings. The quantitative estimate of drug-likeness (QED) is 0.146. The minimum Gasteiger partial charge on any atom is -0.491 e. The van der Waals surface area contributed by atoms with E-state index >= 15 is 0 Å². The van der Waals surface area contributed by atoms with Crippen molar-refractivity contribution in [3.05, 3.63) is 78.6 Å². The molecule has 31 heavy (non-hydrogen) atoms. The fourth-order valence-corrected chi connectivity index (χ4v) is 6.11. The molecule has 0 aliphatic heterocycles. The van der Waals surface area contributed by atoms with Crippen molar-refractivity contribution in [1.29, 1.82) is 0 Å². The van der Waals surface area contributed by atoms with Crippen LogP contribution in [0.1, 0.15) is 43.2 Å². The molecule has 0 atom stereocenters. The van der Waals surface area contributed by atoms with Crippen LogP contribution in [0.25, 0.3) is 0 Å². The van der Waals surface area contributed by atoms with Crippen LogP contribution in [-0.4, -0.2) is 13.2 Å². The van der Waals surface area contributed by atoms with E-state index in [9.17, 15) is 0 Å². The van der Waals surface area contributed by atoms with Crippen LogP contribution in [0.2, 0.25) is 0 Å². The van der Waals surface area contributed by atoms with E-state index in [1.165, 1.54) is 11.1 Å². The largest absolute Gasteiger partial charge is 0.491 e. The van der Waals surface area contributed by atoms with E-state index in [1.807, 2.05) is 12.2 Å². The van der Waals surface area contributed by atoms with Crippen molar-refractivity contribution >= 4 is 63.7 Å². The number of hydrogen-bond acceptors (Lipinski definition) is 2. The average Bonchev–Trinajstić information content (AvgIpc) is 2.71. The summed E-state index contributed by atoms with van der Waals surface area (Å²) in [6.45, 7) is 8.85. The molecule has 6 heteroatoms. The molecule has 0 amide bonds. The van der Waals surface area contributed by atoms with E-state index in [-0.39, 0.29) is 0 Å². The summed E-state index contributed by atoms with van der Waals surface area (Å²) in [5.74, 6) is 1.73. The van der Waals surface area contributed by atoms with Crippen LogP contribution in [0.3, 0.4) is 0 Å². The number of aryl methyl sites for hydroxylation is 2. The third-order valence-corrected chi connectivity index (χ3v) is 7.00. The topological polar surface area (TPSA) is 18.5 Å². The van der Waals surface area contributed by atoms with E-state index < -0.39 is 0 Å². The maximum atomic E-state index is 5.91. The summed E-state index contributed by atoms with van der Waals surface area (Å²) < 4.78 is 15.8. The zero-order chi connectivity index (χ0) is 22.6. The standard InChI is InChI=1S/C25H28Br4O2/c1-3-5-7-12-30-24-20(26)14-18(15-21(24)27)10-9-11-19-16-22(28)25(23(29)17-19)31-13-8-6-4-2/h3-4,14-17H,1-2,5-13H2. The van der Waals surface area contributed by atoms with Gasteiger partial charge in [-0.1, -0.05) is 12.2 Å². The van der Waals surface area contributed by atoms with Crippen molar-refractivity contribution in [1.82, 2.24) is 0 Å². The highest BCUT2D eigenvalue weighted by Crippen LogP contribution is 2.37. The zero-order valence-electron chi connectivity index (χ0n) is 17.6. The van der Waals surface area contributed by atoms with Crippen LogP contribution in [-0.2, 0) is 12.8 Å². The third-order valence-electron chi connectivity index (χ3n) is 4.65. The van der Waals surface area contributed by atoms with Gasteiger partial charge in [0.05, 0.1) is 31.1 Å². The molecule has 0 radical (unpaired) electrons. The summed E-state index contributed by atoms with van der Waals surface area (Å²) in [5, 5.41) is 0. The first kappa shape index (κ1) is 26.7. The molecule has 0 heterocycles. The van der Waals surface area contributed by atoms with Crippen molar-refractivity contribution in [2.75, 3.05) is 13.2 Å². The van der Waals surface area contributed by atoms with Gasteiger partial charge in [-0.05, 0) is 144 Å². The second-order valence-corrected chi connectivity index (χ2v) is 10.6. The molecule has 0 fully saturated rings. The number of allylic oxidation sites excluding steroid dienone is 2. The summed E-state index contributed by atoms with van der Waals surface area (Å²) in [7, 11) is 0. The molecular weight excluding hydrogens is 652 g/mol. The Kier molecular flexibility index (Phi) is 12.5. The van der Waals surface area contributed by atoms with E-state index in [0.29, 0.717) is 13.2 Å². The van der Waals surface area contributed by atoms with Gasteiger partial charge in [0.1, 0.15) is 11.5 Å². The highest BCUT2D eigenvalue weighted by atomic mass is 79.9. The van der Waals surface area contributed by atoms with Gasteiger partial charge in [-0.25, -0.2) is 0 Å². The van der Waals surface area contributed by atoms with Crippen molar-refractivity contribution < 1.29 is 9.47 Å². The lowest BCUT2D eigenvalue weighted by atomic mass is 10.0. The van der Waals surface area contributed by atoms with Crippen LogP contribution in [0.4, 0.5) is 0 Å². The lowest BCUT2D eigenvalue weighted by Crippen LogP contribution is -2.00. The Balaban J connectivity index is 1.91. The van der Waals surface area contributed by atoms with Gasteiger partial charge < -0.3 is 9.47 Å². The van der Waals surface area contributed by atoms with Crippen LogP contribution in [0, 0.1) is 0 Å². The average molecular weight is 680 g/mol. The number of hydrogen-bond donors (Lipinski definition) is 0. The summed E-state index contributed by atoms with van der Waals surface area (Å²) >= 11 is 14.6. The fraction of sp³-hybridized carbons (Fsp3) is 0.360. The lowest BCUT2D eigenvalue weighted by Gasteiger charge is -2.13. The van der Waals surface area contributed by atoms with Gasteiger partial charge in [-0.2, -0.15) is 0 Å². The summed E-state index contributed by atoms with van der Waals surface area (Å²) in [4.78, 5) is 0. The van der Waals surface area contributed by atoms with Gasteiger partial charge in [0.25, 0.3) is 0 Å². The Morgan fingerprint density at radius 1 is 0.613 bits per heavy atom. The maximum absolute atomic E-state index is 5.91. The van der Waals surface area contributed by atoms with E-state index in [4.69, 9.17) is 9.47 Å². The van der Waals surface area contributed by atoms with Crippen LogP contribution in [0.15, 0.2) is 67.5 Å². The molecular formula is C25H28Br4O2. The fourth-order valence-electron chi connectivity index (χ4n) is 3.09. The molecule has 2 nitrogen and oxygen atoms in total. The Bertz CT molecular complexity index is 762. The Hall–Kier alpha value is -0.560. The molecule has 0 bridgehead atoms. The van der Waals surface area contributed by atoms with Gasteiger partial charge >= 0.3 is 0 Å². The third kappa shape index (κ3) is 9.07. The Morgan fingerprint density at radius 3 is 1.29 bits per heavy atom. The molecule has 0 saturated carbocycles. The number of benzene rings is 2. The summed E-state index contributed by atoms with van der Waals surface area (Å²) in [6.07, 6.45) is 10.7. The smallest absolute Gasteiger partial charge is 0.147 e. The predicted molar refractivity (Wildman–Crippen MR) is 146 cm³/mol. The molecule has 168 valence electrons. The zero-order valence-corrected chi connectivity index (χ0v) is 23.9. The van der Waals surface area contributed by atoms with E-state index in [0.717, 1.165) is 74.3 Å². The molecule has 0 aromatic heterocycles. The van der Waals surface area contributed by atoms with Gasteiger partial charge in [0.2, 0.25) is 0 Å². The van der Waals surface area contributed by atoms with Crippen LogP contribution >= 0.6 is 63.7 Å². The summed E-state index contributed by atoms with van der Waals surface area (Å²) in [5.41, 5.74) is 2.55. The van der Waals surface area contributed by atoms with Gasteiger partial charge in [0.15, 0.2) is 0 Å². The SMILES string of the molecule is C=CCCCOc1c(Br)cc(CCCc2cc(Br)c(OCCCC=C)c(Br)c2)cc1Br. The van der Waals surface area contributed by atoms with E-state index in [2.05, 4.69) is 101 Å². The Labute approximate surface area is 220 Å². The molecule has 2 rings (SSSR count). The van der Waals surface area contributed by atoms with Crippen LogP contribution < -0.4 is 9.47 Å². The maximum Gasteiger partial charge on any atom is 0.147 e. The number of unbranched alkanes of at least 4 members (excludes halogenated alkanes) is 2. The normalized spacial score (nSPS) is 10.7. The highest BCUT2D eigenvalue weighted by Gasteiger charge is 2.11. The molecule has 0 saturated heterocycles. The Morgan fingerprint density at radius 2 is 0.968 bits per heavy atom. The molecule has 0 aliphatic carbocycles. The molecule has 2 aromatic carbocycles. The minimum atomic E-state index is 0.681.